The van der Waals surface area contributed by atoms with Gasteiger partial charge in [0.05, 0.1) is 18.5 Å². The van der Waals surface area contributed by atoms with Crippen molar-refractivity contribution in [1.82, 2.24) is 5.32 Å². The molecule has 3 N–H and O–H groups in total. The zero-order valence-electron chi connectivity index (χ0n) is 12.3. The van der Waals surface area contributed by atoms with Crippen molar-refractivity contribution in [3.63, 3.8) is 0 Å². The van der Waals surface area contributed by atoms with Crippen LogP contribution in [0.2, 0.25) is 0 Å². The third-order valence-electron chi connectivity index (χ3n) is 2.83. The number of benzene rings is 2. The number of carbonyl (C=O) groups excluding carboxylic acids is 1. The number of phenolic OH excluding ortho intramolecular Hbond substituents is 1. The molecule has 118 valence electrons. The summed E-state index contributed by atoms with van der Waals surface area (Å²) in [7, 11) is 1.25. The normalized spacial score (nSPS) is 10.3. The summed E-state index contributed by atoms with van der Waals surface area (Å²) in [5.74, 6) is 0.143. The highest BCUT2D eigenvalue weighted by atomic mass is 32.1. The van der Waals surface area contributed by atoms with Crippen molar-refractivity contribution in [2.45, 2.75) is 0 Å². The summed E-state index contributed by atoms with van der Waals surface area (Å²) in [5, 5.41) is 15.1. The molecule has 2 rings (SSSR count). The number of ether oxygens (including phenoxy) is 1. The number of para-hydroxylation sites is 3. The van der Waals surface area contributed by atoms with E-state index in [1.54, 1.807) is 42.6 Å². The standard InChI is InChI=1S/C16H15N3O3S/c1-22-16(21)19-15(23)18-13-8-4-3-7-12(13)17-10-11-6-2-5-9-14(11)20/h2-10,20H,1H3,(H2,18,19,21,23). The molecule has 0 saturated carbocycles. The first-order valence-corrected chi connectivity index (χ1v) is 7.08. The van der Waals surface area contributed by atoms with Crippen LogP contribution in [0, 0.1) is 0 Å². The number of methoxy groups -OCH3 is 1. The summed E-state index contributed by atoms with van der Waals surface area (Å²) in [5.41, 5.74) is 1.81. The van der Waals surface area contributed by atoms with Crippen LogP contribution >= 0.6 is 12.2 Å². The molecule has 0 aliphatic heterocycles. The Morgan fingerprint density at radius 2 is 1.91 bits per heavy atom. The number of hydrogen-bond donors (Lipinski definition) is 3. The van der Waals surface area contributed by atoms with E-state index in [0.717, 1.165) is 0 Å². The van der Waals surface area contributed by atoms with E-state index in [2.05, 4.69) is 20.4 Å². The van der Waals surface area contributed by atoms with Crippen molar-refractivity contribution in [2.75, 3.05) is 12.4 Å². The van der Waals surface area contributed by atoms with Crippen LogP contribution in [0.5, 0.6) is 5.75 Å². The average molecular weight is 329 g/mol. The van der Waals surface area contributed by atoms with Crippen LogP contribution in [0.4, 0.5) is 16.2 Å². The highest BCUT2D eigenvalue weighted by Crippen LogP contribution is 2.25. The number of aromatic hydroxyl groups is 1. The number of phenols is 1. The zero-order chi connectivity index (χ0) is 16.7. The highest BCUT2D eigenvalue weighted by Gasteiger charge is 2.06. The van der Waals surface area contributed by atoms with Gasteiger partial charge in [-0.3, -0.25) is 10.3 Å². The van der Waals surface area contributed by atoms with Crippen LogP contribution < -0.4 is 10.6 Å². The summed E-state index contributed by atoms with van der Waals surface area (Å²) in [6, 6.07) is 14.0. The number of anilines is 1. The van der Waals surface area contributed by atoms with E-state index >= 15 is 0 Å². The van der Waals surface area contributed by atoms with Gasteiger partial charge < -0.3 is 15.2 Å². The van der Waals surface area contributed by atoms with Crippen molar-refractivity contribution < 1.29 is 14.6 Å². The Morgan fingerprint density at radius 3 is 2.65 bits per heavy atom. The Morgan fingerprint density at radius 1 is 1.22 bits per heavy atom. The molecule has 0 bridgehead atoms. The van der Waals surface area contributed by atoms with Gasteiger partial charge in [-0.15, -0.1) is 0 Å². The molecule has 2 aromatic rings. The van der Waals surface area contributed by atoms with Crippen molar-refractivity contribution >= 4 is 41.0 Å². The van der Waals surface area contributed by atoms with E-state index < -0.39 is 6.09 Å². The van der Waals surface area contributed by atoms with Gasteiger partial charge in [0.2, 0.25) is 0 Å². The Bertz CT molecular complexity index is 747. The lowest BCUT2D eigenvalue weighted by Crippen LogP contribution is -2.33. The number of nitrogens with zero attached hydrogens (tertiary/aromatic N) is 1. The lowest BCUT2D eigenvalue weighted by molar-refractivity contribution is 0.177. The fourth-order valence-electron chi connectivity index (χ4n) is 1.72. The lowest BCUT2D eigenvalue weighted by Gasteiger charge is -2.10. The van der Waals surface area contributed by atoms with E-state index in [-0.39, 0.29) is 10.9 Å². The maximum absolute atomic E-state index is 11.1. The summed E-state index contributed by atoms with van der Waals surface area (Å²) in [4.78, 5) is 15.5. The first-order chi connectivity index (χ1) is 11.1. The SMILES string of the molecule is COC(=O)NC(=S)Nc1ccccc1N=Cc1ccccc1O. The summed E-state index contributed by atoms with van der Waals surface area (Å²) >= 11 is 5.02. The van der Waals surface area contributed by atoms with Crippen molar-refractivity contribution in [2.24, 2.45) is 4.99 Å². The van der Waals surface area contributed by atoms with Gasteiger partial charge in [0.1, 0.15) is 5.75 Å². The van der Waals surface area contributed by atoms with Gasteiger partial charge in [-0.2, -0.15) is 0 Å². The van der Waals surface area contributed by atoms with Crippen LogP contribution in [0.1, 0.15) is 5.56 Å². The molecule has 0 unspecified atom stereocenters. The number of carbonyl (C=O) groups is 1. The third-order valence-corrected chi connectivity index (χ3v) is 3.04. The van der Waals surface area contributed by atoms with Crippen molar-refractivity contribution in [3.8, 4) is 5.75 Å². The molecule has 0 saturated heterocycles. The number of amides is 1. The predicted octanol–water partition coefficient (Wildman–Crippen LogP) is 3.20. The van der Waals surface area contributed by atoms with Gasteiger partial charge in [0, 0.05) is 11.8 Å². The second-order valence-corrected chi connectivity index (χ2v) is 4.81. The molecule has 0 aromatic heterocycles. The summed E-state index contributed by atoms with van der Waals surface area (Å²) in [6.07, 6.45) is 0.893. The predicted molar refractivity (Wildman–Crippen MR) is 93.6 cm³/mol. The topological polar surface area (TPSA) is 83.0 Å². The molecule has 0 aliphatic carbocycles. The molecular weight excluding hydrogens is 314 g/mol. The number of hydrogen-bond acceptors (Lipinski definition) is 5. The minimum Gasteiger partial charge on any atom is -0.507 e. The van der Waals surface area contributed by atoms with Gasteiger partial charge in [0.25, 0.3) is 0 Å². The molecule has 6 nitrogen and oxygen atoms in total. The Hall–Kier alpha value is -2.93. The monoisotopic (exact) mass is 329 g/mol. The number of nitrogens with one attached hydrogen (secondary N) is 2. The van der Waals surface area contributed by atoms with E-state index in [0.29, 0.717) is 16.9 Å². The van der Waals surface area contributed by atoms with Crippen LogP contribution in [0.15, 0.2) is 53.5 Å². The molecule has 0 atom stereocenters. The van der Waals surface area contributed by atoms with Gasteiger partial charge in [-0.1, -0.05) is 24.3 Å². The van der Waals surface area contributed by atoms with Gasteiger partial charge in [-0.05, 0) is 36.5 Å². The Kier molecular flexibility index (Phi) is 5.65. The molecule has 0 spiro atoms. The van der Waals surface area contributed by atoms with Crippen molar-refractivity contribution in [3.05, 3.63) is 54.1 Å². The number of alkyl carbamates (subject to hydrolysis) is 1. The maximum atomic E-state index is 11.1. The fourth-order valence-corrected chi connectivity index (χ4v) is 1.92. The maximum Gasteiger partial charge on any atom is 0.413 e. The summed E-state index contributed by atoms with van der Waals surface area (Å²) in [6.45, 7) is 0. The second-order valence-electron chi connectivity index (χ2n) is 4.40. The average Bonchev–Trinajstić information content (AvgIpc) is 2.55. The second kappa shape index (κ2) is 7.90. The van der Waals surface area contributed by atoms with Crippen molar-refractivity contribution in [1.29, 1.82) is 0 Å². The molecule has 0 fully saturated rings. The van der Waals surface area contributed by atoms with Crippen LogP contribution in [-0.4, -0.2) is 29.6 Å². The first kappa shape index (κ1) is 16.4. The van der Waals surface area contributed by atoms with E-state index in [1.807, 2.05) is 12.1 Å². The molecule has 0 aliphatic rings. The molecular formula is C16H15N3O3S. The molecule has 0 heterocycles. The minimum absolute atomic E-state index is 0.0991. The van der Waals surface area contributed by atoms with E-state index in [4.69, 9.17) is 12.2 Å². The van der Waals surface area contributed by atoms with Crippen LogP contribution in [0.25, 0.3) is 0 Å². The van der Waals surface area contributed by atoms with E-state index in [1.165, 1.54) is 7.11 Å². The molecule has 2 aromatic carbocycles. The Balaban J connectivity index is 2.16. The van der Waals surface area contributed by atoms with Crippen LogP contribution in [-0.2, 0) is 4.74 Å². The molecule has 23 heavy (non-hydrogen) atoms. The van der Waals surface area contributed by atoms with Crippen LogP contribution in [0.3, 0.4) is 0 Å². The molecule has 7 heteroatoms. The minimum atomic E-state index is -0.655. The third kappa shape index (κ3) is 4.79. The highest BCUT2D eigenvalue weighted by molar-refractivity contribution is 7.80. The van der Waals surface area contributed by atoms with Gasteiger partial charge in [0.15, 0.2) is 5.11 Å². The molecule has 1 amide bonds. The Labute approximate surface area is 138 Å². The smallest absolute Gasteiger partial charge is 0.413 e. The number of aliphatic imine (C=N–C) groups is 1. The number of thiocarbonyl (C=S) groups is 1. The quantitative estimate of drug-likeness (QED) is 0.595. The lowest BCUT2D eigenvalue weighted by atomic mass is 10.2. The molecule has 0 radical (unpaired) electrons. The van der Waals surface area contributed by atoms with Gasteiger partial charge in [-0.25, -0.2) is 4.79 Å². The number of rotatable bonds is 3. The summed E-state index contributed by atoms with van der Waals surface area (Å²) < 4.78 is 4.47. The van der Waals surface area contributed by atoms with Gasteiger partial charge >= 0.3 is 6.09 Å². The fraction of sp³-hybridized carbons (Fsp3) is 0.0625. The first-order valence-electron chi connectivity index (χ1n) is 6.67. The van der Waals surface area contributed by atoms with E-state index in [9.17, 15) is 9.90 Å². The largest absolute Gasteiger partial charge is 0.507 e. The zero-order valence-corrected chi connectivity index (χ0v) is 13.1.